The highest BCUT2D eigenvalue weighted by molar-refractivity contribution is 6.18. The second-order valence-electron chi connectivity index (χ2n) is 5.63. The van der Waals surface area contributed by atoms with Gasteiger partial charge in [0, 0.05) is 43.7 Å². The van der Waals surface area contributed by atoms with Gasteiger partial charge in [-0.3, -0.25) is 9.69 Å². The lowest BCUT2D eigenvalue weighted by atomic mass is 9.94. The van der Waals surface area contributed by atoms with Crippen molar-refractivity contribution in [3.8, 4) is 11.5 Å². The molecule has 0 spiro atoms. The normalized spacial score (nSPS) is 12.5. The van der Waals surface area contributed by atoms with Crippen LogP contribution in [0, 0.1) is 0 Å². The molecule has 1 atom stereocenters. The van der Waals surface area contributed by atoms with Gasteiger partial charge in [0.25, 0.3) is 0 Å². The van der Waals surface area contributed by atoms with Crippen LogP contribution in [0.5, 0.6) is 11.5 Å². The number of aromatic hydroxyl groups is 2. The number of alkyl halides is 3. The molecule has 10 heteroatoms. The van der Waals surface area contributed by atoms with E-state index in [4.69, 9.17) is 50.7 Å². The van der Waals surface area contributed by atoms with Crippen molar-refractivity contribution in [1.82, 2.24) is 4.90 Å². The molecule has 0 amide bonds. The van der Waals surface area contributed by atoms with Crippen molar-refractivity contribution >= 4 is 53.2 Å². The van der Waals surface area contributed by atoms with E-state index in [0.717, 1.165) is 19.6 Å². The van der Waals surface area contributed by atoms with Gasteiger partial charge < -0.3 is 21.1 Å². The molecule has 6 nitrogen and oxygen atoms in total. The minimum absolute atomic E-state index is 0. The number of nitrogens with zero attached hydrogens (tertiary/aromatic N) is 1. The molecule has 0 radical (unpaired) electrons. The average molecular weight is 452 g/mol. The summed E-state index contributed by atoms with van der Waals surface area (Å²) >= 11 is 16.6. The largest absolute Gasteiger partial charge is 0.504 e. The molecule has 1 aromatic carbocycles. The zero-order chi connectivity index (χ0) is 19.5. The summed E-state index contributed by atoms with van der Waals surface area (Å²) in [6.07, 6.45) is 0.0795. The van der Waals surface area contributed by atoms with Crippen LogP contribution in [0.15, 0.2) is 18.2 Å². The fourth-order valence-corrected chi connectivity index (χ4v) is 2.59. The maximum atomic E-state index is 10.7. The summed E-state index contributed by atoms with van der Waals surface area (Å²) in [6.45, 7) is 4.02. The van der Waals surface area contributed by atoms with Gasteiger partial charge in [-0.05, 0) is 24.6 Å². The lowest BCUT2D eigenvalue weighted by Gasteiger charge is -2.19. The van der Waals surface area contributed by atoms with Crippen LogP contribution in [-0.2, 0) is 11.2 Å². The van der Waals surface area contributed by atoms with E-state index >= 15 is 0 Å². The molecule has 0 saturated heterocycles. The molecule has 0 fully saturated rings. The molecule has 0 aliphatic rings. The van der Waals surface area contributed by atoms with Gasteiger partial charge in [-0.25, -0.2) is 0 Å². The number of hydrogen-bond acceptors (Lipinski definition) is 5. The number of nitrogens with two attached hydrogens (primary N) is 1. The third-order valence-corrected chi connectivity index (χ3v) is 3.81. The maximum Gasteiger partial charge on any atom is 0.323 e. The molecular formula is C16H26Cl4N2O4. The monoisotopic (exact) mass is 450 g/mol. The quantitative estimate of drug-likeness (QED) is 0.339. The first-order valence-corrected chi connectivity index (χ1v) is 9.21. The van der Waals surface area contributed by atoms with Crippen molar-refractivity contribution in [1.29, 1.82) is 0 Å². The highest BCUT2D eigenvalue weighted by Gasteiger charge is 2.28. The fraction of sp³-hybridized carbons (Fsp3) is 0.562. The zero-order valence-corrected chi connectivity index (χ0v) is 17.6. The van der Waals surface area contributed by atoms with E-state index in [9.17, 15) is 9.90 Å². The molecule has 0 aliphatic heterocycles. The van der Waals surface area contributed by atoms with Gasteiger partial charge in [-0.2, -0.15) is 0 Å². The predicted molar refractivity (Wildman–Crippen MR) is 110 cm³/mol. The molecule has 1 aromatic rings. The molecular weight excluding hydrogens is 426 g/mol. The van der Waals surface area contributed by atoms with Crippen LogP contribution in [-0.4, -0.2) is 69.0 Å². The lowest BCUT2D eigenvalue weighted by Crippen LogP contribution is -2.46. The Morgan fingerprint density at radius 2 is 1.54 bits per heavy atom. The van der Waals surface area contributed by atoms with E-state index in [2.05, 4.69) is 4.90 Å². The number of rotatable bonds is 9. The average Bonchev–Trinajstić information content (AvgIpc) is 2.52. The van der Waals surface area contributed by atoms with Crippen molar-refractivity contribution in [2.75, 3.05) is 37.3 Å². The molecule has 1 unspecified atom stereocenters. The highest BCUT2D eigenvalue weighted by Crippen LogP contribution is 2.26. The molecule has 5 N–H and O–H groups in total. The van der Waals surface area contributed by atoms with Gasteiger partial charge >= 0.3 is 5.97 Å². The van der Waals surface area contributed by atoms with E-state index in [0.29, 0.717) is 23.2 Å². The first kappa shape index (κ1) is 27.6. The standard InChI is InChI=1S/C10H13NO4.C6H12Cl3N.ClH/c1-10(11,9(14)15)5-6-2-3-7(12)8(13)4-6;7-1-4-10(5-2-8)6-3-9;/h2-4,12-13H,5,11H2,1H3,(H,14,15);1-6H2;1H. The van der Waals surface area contributed by atoms with E-state index in [1.54, 1.807) is 0 Å². The van der Waals surface area contributed by atoms with Crippen molar-refractivity contribution < 1.29 is 20.1 Å². The molecule has 0 heterocycles. The fourth-order valence-electron chi connectivity index (χ4n) is 1.87. The van der Waals surface area contributed by atoms with Crippen LogP contribution in [0.1, 0.15) is 12.5 Å². The van der Waals surface area contributed by atoms with Gasteiger partial charge in [-0.1, -0.05) is 6.07 Å². The van der Waals surface area contributed by atoms with Crippen LogP contribution < -0.4 is 5.73 Å². The Labute approximate surface area is 175 Å². The summed E-state index contributed by atoms with van der Waals surface area (Å²) in [5.74, 6) is 0.298. The van der Waals surface area contributed by atoms with Gasteiger partial charge in [0.15, 0.2) is 11.5 Å². The summed E-state index contributed by atoms with van der Waals surface area (Å²) in [4.78, 5) is 12.9. The number of carbonyl (C=O) groups is 1. The number of aliphatic carboxylic acids is 1. The minimum Gasteiger partial charge on any atom is -0.504 e. The van der Waals surface area contributed by atoms with E-state index in [-0.39, 0.29) is 30.3 Å². The van der Waals surface area contributed by atoms with Crippen LogP contribution >= 0.6 is 47.2 Å². The smallest absolute Gasteiger partial charge is 0.323 e. The Kier molecular flexibility index (Phi) is 15.3. The molecule has 0 bridgehead atoms. The minimum atomic E-state index is -1.39. The Balaban J connectivity index is 0. The summed E-state index contributed by atoms with van der Waals surface area (Å²) in [6, 6.07) is 4.11. The Bertz CT molecular complexity index is 519. The molecule has 0 aliphatic carbocycles. The highest BCUT2D eigenvalue weighted by atomic mass is 35.5. The summed E-state index contributed by atoms with van der Waals surface area (Å²) in [5, 5.41) is 27.0. The third-order valence-electron chi connectivity index (χ3n) is 3.30. The van der Waals surface area contributed by atoms with E-state index in [1.165, 1.54) is 25.1 Å². The number of benzene rings is 1. The summed E-state index contributed by atoms with van der Waals surface area (Å²) in [5.41, 5.74) is 4.70. The molecule has 152 valence electrons. The number of halogens is 4. The Morgan fingerprint density at radius 3 is 1.88 bits per heavy atom. The van der Waals surface area contributed by atoms with Gasteiger partial charge in [0.1, 0.15) is 5.54 Å². The number of carboxylic acid groups (broad SMARTS) is 1. The zero-order valence-electron chi connectivity index (χ0n) is 14.5. The van der Waals surface area contributed by atoms with E-state index in [1.807, 2.05) is 0 Å². The molecule has 0 saturated carbocycles. The second kappa shape index (κ2) is 14.4. The number of hydrogen-bond donors (Lipinski definition) is 4. The van der Waals surface area contributed by atoms with Gasteiger partial charge in [-0.15, -0.1) is 47.2 Å². The SMILES string of the molecule is CC(N)(Cc1ccc(O)c(O)c1)C(=O)O.Cl.ClCCN(CCCl)CCCl. The van der Waals surface area contributed by atoms with Gasteiger partial charge in [0.2, 0.25) is 0 Å². The maximum absolute atomic E-state index is 10.7. The molecule has 26 heavy (non-hydrogen) atoms. The van der Waals surface area contributed by atoms with Crippen LogP contribution in [0.3, 0.4) is 0 Å². The van der Waals surface area contributed by atoms with E-state index < -0.39 is 11.5 Å². The Hall–Kier alpha value is -0.630. The number of phenolic OH excluding ortho intramolecular Hbond substituents is 2. The second-order valence-corrected chi connectivity index (χ2v) is 6.76. The van der Waals surface area contributed by atoms with Crippen molar-refractivity contribution in [2.24, 2.45) is 5.73 Å². The topological polar surface area (TPSA) is 107 Å². The number of phenols is 2. The lowest BCUT2D eigenvalue weighted by molar-refractivity contribution is -0.142. The van der Waals surface area contributed by atoms with Crippen molar-refractivity contribution in [3.05, 3.63) is 23.8 Å². The van der Waals surface area contributed by atoms with Crippen molar-refractivity contribution in [2.45, 2.75) is 18.9 Å². The summed E-state index contributed by atoms with van der Waals surface area (Å²) < 4.78 is 0. The van der Waals surface area contributed by atoms with Crippen LogP contribution in [0.25, 0.3) is 0 Å². The summed E-state index contributed by atoms with van der Waals surface area (Å²) in [7, 11) is 0. The third kappa shape index (κ3) is 11.2. The van der Waals surface area contributed by atoms with Crippen LogP contribution in [0.2, 0.25) is 0 Å². The number of carboxylic acids is 1. The van der Waals surface area contributed by atoms with Crippen LogP contribution in [0.4, 0.5) is 0 Å². The van der Waals surface area contributed by atoms with Crippen molar-refractivity contribution in [3.63, 3.8) is 0 Å². The Morgan fingerprint density at radius 1 is 1.08 bits per heavy atom. The first-order valence-electron chi connectivity index (χ1n) is 7.61. The molecule has 0 aromatic heterocycles. The predicted octanol–water partition coefficient (Wildman–Crippen LogP) is 2.87. The first-order chi connectivity index (χ1) is 11.7. The molecule has 1 rings (SSSR count). The van der Waals surface area contributed by atoms with Gasteiger partial charge in [0.05, 0.1) is 0 Å².